The van der Waals surface area contributed by atoms with Crippen molar-refractivity contribution in [1.82, 2.24) is 15.2 Å². The molecule has 24 heavy (non-hydrogen) atoms. The van der Waals surface area contributed by atoms with Crippen molar-refractivity contribution < 1.29 is 4.79 Å². The van der Waals surface area contributed by atoms with Crippen LogP contribution in [0, 0.1) is 5.92 Å². The lowest BCUT2D eigenvalue weighted by atomic mass is 10.1. The number of nitrogens with one attached hydrogen (secondary N) is 1. The number of hydrogen-bond acceptors (Lipinski definition) is 5. The first-order chi connectivity index (χ1) is 11.8. The SMILES string of the molecule is O=C(Nc1nnc(-c2ccncc2)s1)c1ccc(CC2CC2)cc1. The maximum atomic E-state index is 12.3. The third-order valence-corrected chi connectivity index (χ3v) is 4.90. The summed E-state index contributed by atoms with van der Waals surface area (Å²) in [6, 6.07) is 11.6. The van der Waals surface area contributed by atoms with Crippen LogP contribution >= 0.6 is 11.3 Å². The zero-order valence-electron chi connectivity index (χ0n) is 13.0. The number of pyridine rings is 1. The number of nitrogens with zero attached hydrogens (tertiary/aromatic N) is 3. The van der Waals surface area contributed by atoms with Crippen LogP contribution in [0.2, 0.25) is 0 Å². The highest BCUT2D eigenvalue weighted by Crippen LogP contribution is 2.32. The first-order valence-corrected chi connectivity index (χ1v) is 8.74. The molecule has 1 saturated carbocycles. The molecule has 0 radical (unpaired) electrons. The molecule has 0 bridgehead atoms. The van der Waals surface area contributed by atoms with Crippen molar-refractivity contribution >= 4 is 22.4 Å². The molecule has 4 rings (SSSR count). The Balaban J connectivity index is 1.43. The van der Waals surface area contributed by atoms with Crippen LogP contribution in [0.3, 0.4) is 0 Å². The van der Waals surface area contributed by atoms with Gasteiger partial charge >= 0.3 is 0 Å². The number of benzene rings is 1. The molecular formula is C18H16N4OS. The van der Waals surface area contributed by atoms with E-state index in [-0.39, 0.29) is 5.91 Å². The number of carbonyl (C=O) groups excluding carboxylic acids is 1. The fraction of sp³-hybridized carbons (Fsp3) is 0.222. The van der Waals surface area contributed by atoms with Crippen LogP contribution < -0.4 is 5.32 Å². The van der Waals surface area contributed by atoms with E-state index < -0.39 is 0 Å². The van der Waals surface area contributed by atoms with E-state index in [4.69, 9.17) is 0 Å². The van der Waals surface area contributed by atoms with Crippen LogP contribution in [0.15, 0.2) is 48.8 Å². The normalized spacial score (nSPS) is 13.7. The molecule has 0 aliphatic heterocycles. The second kappa shape index (κ2) is 6.49. The average molecular weight is 336 g/mol. The Morgan fingerprint density at radius 2 is 1.83 bits per heavy atom. The third kappa shape index (κ3) is 3.49. The average Bonchev–Trinajstić information content (AvgIpc) is 3.31. The van der Waals surface area contributed by atoms with Crippen molar-refractivity contribution in [2.75, 3.05) is 5.32 Å². The van der Waals surface area contributed by atoms with Gasteiger partial charge in [0.1, 0.15) is 5.01 Å². The van der Waals surface area contributed by atoms with Gasteiger partial charge in [0.15, 0.2) is 0 Å². The maximum absolute atomic E-state index is 12.3. The summed E-state index contributed by atoms with van der Waals surface area (Å²) in [5.74, 6) is 0.683. The van der Waals surface area contributed by atoms with Crippen LogP contribution in [0.1, 0.15) is 28.8 Å². The fourth-order valence-corrected chi connectivity index (χ4v) is 3.25. The molecule has 0 saturated heterocycles. The van der Waals surface area contributed by atoms with Gasteiger partial charge in [-0.15, -0.1) is 10.2 Å². The van der Waals surface area contributed by atoms with Crippen LogP contribution in [0.25, 0.3) is 10.6 Å². The molecule has 1 amide bonds. The van der Waals surface area contributed by atoms with Crippen molar-refractivity contribution in [3.05, 3.63) is 59.9 Å². The number of carbonyl (C=O) groups is 1. The highest BCUT2D eigenvalue weighted by Gasteiger charge is 2.21. The van der Waals surface area contributed by atoms with Gasteiger partial charge < -0.3 is 0 Å². The lowest BCUT2D eigenvalue weighted by Gasteiger charge is -2.03. The maximum Gasteiger partial charge on any atom is 0.257 e. The van der Waals surface area contributed by atoms with Crippen LogP contribution in [-0.4, -0.2) is 21.1 Å². The van der Waals surface area contributed by atoms with E-state index in [9.17, 15) is 4.79 Å². The van der Waals surface area contributed by atoms with Gasteiger partial charge in [0.05, 0.1) is 0 Å². The quantitative estimate of drug-likeness (QED) is 0.769. The van der Waals surface area contributed by atoms with E-state index in [1.54, 1.807) is 12.4 Å². The molecule has 0 unspecified atom stereocenters. The van der Waals surface area contributed by atoms with E-state index in [2.05, 4.69) is 20.5 Å². The van der Waals surface area contributed by atoms with Gasteiger partial charge in [0, 0.05) is 23.5 Å². The largest absolute Gasteiger partial charge is 0.296 e. The van der Waals surface area contributed by atoms with Crippen LogP contribution in [-0.2, 0) is 6.42 Å². The summed E-state index contributed by atoms with van der Waals surface area (Å²) in [6.07, 6.45) is 7.20. The number of hydrogen-bond donors (Lipinski definition) is 1. The summed E-state index contributed by atoms with van der Waals surface area (Å²) >= 11 is 1.35. The van der Waals surface area contributed by atoms with Crippen molar-refractivity contribution in [2.24, 2.45) is 5.92 Å². The van der Waals surface area contributed by atoms with E-state index >= 15 is 0 Å². The summed E-state index contributed by atoms with van der Waals surface area (Å²) in [4.78, 5) is 16.3. The molecule has 1 N–H and O–H groups in total. The molecule has 0 atom stereocenters. The van der Waals surface area contributed by atoms with Crippen LogP contribution in [0.5, 0.6) is 0 Å². The smallest absolute Gasteiger partial charge is 0.257 e. The van der Waals surface area contributed by atoms with E-state index in [1.165, 1.54) is 29.7 Å². The summed E-state index contributed by atoms with van der Waals surface area (Å²) in [7, 11) is 0. The van der Waals surface area contributed by atoms with Crippen molar-refractivity contribution in [2.45, 2.75) is 19.3 Å². The summed E-state index contributed by atoms with van der Waals surface area (Å²) in [6.45, 7) is 0. The molecule has 2 heterocycles. The van der Waals surface area contributed by atoms with Gasteiger partial charge in [0.25, 0.3) is 5.91 Å². The van der Waals surface area contributed by atoms with Gasteiger partial charge in [-0.3, -0.25) is 15.1 Å². The van der Waals surface area contributed by atoms with Gasteiger partial charge in [-0.1, -0.05) is 23.5 Å². The van der Waals surface area contributed by atoms with Gasteiger partial charge in [-0.05, 0) is 55.0 Å². The first kappa shape index (κ1) is 15.0. The number of amides is 1. The zero-order valence-corrected chi connectivity index (χ0v) is 13.8. The summed E-state index contributed by atoms with van der Waals surface area (Å²) in [5, 5.41) is 12.2. The Morgan fingerprint density at radius 3 is 2.54 bits per heavy atom. The molecule has 120 valence electrons. The minimum Gasteiger partial charge on any atom is -0.296 e. The van der Waals surface area contributed by atoms with E-state index in [1.807, 2.05) is 36.4 Å². The molecule has 2 aromatic heterocycles. The third-order valence-electron chi connectivity index (χ3n) is 4.01. The summed E-state index contributed by atoms with van der Waals surface area (Å²) in [5.41, 5.74) is 2.87. The minimum atomic E-state index is -0.162. The summed E-state index contributed by atoms with van der Waals surface area (Å²) < 4.78 is 0. The molecule has 1 fully saturated rings. The monoisotopic (exact) mass is 336 g/mol. The predicted octanol–water partition coefficient (Wildman–Crippen LogP) is 3.80. The molecule has 1 aromatic carbocycles. The van der Waals surface area contributed by atoms with E-state index in [0.717, 1.165) is 22.9 Å². The molecule has 5 nitrogen and oxygen atoms in total. The van der Waals surface area contributed by atoms with Crippen molar-refractivity contribution in [3.8, 4) is 10.6 Å². The van der Waals surface area contributed by atoms with Crippen molar-refractivity contribution in [3.63, 3.8) is 0 Å². The van der Waals surface area contributed by atoms with Crippen LogP contribution in [0.4, 0.5) is 5.13 Å². The Morgan fingerprint density at radius 1 is 1.08 bits per heavy atom. The minimum absolute atomic E-state index is 0.162. The Kier molecular flexibility index (Phi) is 4.04. The second-order valence-electron chi connectivity index (χ2n) is 5.95. The highest BCUT2D eigenvalue weighted by molar-refractivity contribution is 7.18. The second-order valence-corrected chi connectivity index (χ2v) is 6.92. The van der Waals surface area contributed by atoms with E-state index in [0.29, 0.717) is 10.7 Å². The van der Waals surface area contributed by atoms with Gasteiger partial charge in [0.2, 0.25) is 5.13 Å². The number of aromatic nitrogens is 3. The zero-order chi connectivity index (χ0) is 16.4. The number of anilines is 1. The lowest BCUT2D eigenvalue weighted by Crippen LogP contribution is -2.11. The highest BCUT2D eigenvalue weighted by atomic mass is 32.1. The molecular weight excluding hydrogens is 320 g/mol. The molecule has 1 aliphatic carbocycles. The topological polar surface area (TPSA) is 67.8 Å². The van der Waals surface area contributed by atoms with Crippen molar-refractivity contribution in [1.29, 1.82) is 0 Å². The number of rotatable bonds is 5. The molecule has 1 aliphatic rings. The lowest BCUT2D eigenvalue weighted by molar-refractivity contribution is 0.102. The molecule has 0 spiro atoms. The Bertz CT molecular complexity index is 841. The Hall–Kier alpha value is -2.60. The molecule has 3 aromatic rings. The van der Waals surface area contributed by atoms with Gasteiger partial charge in [-0.25, -0.2) is 0 Å². The molecule has 6 heteroatoms. The van der Waals surface area contributed by atoms with Gasteiger partial charge in [-0.2, -0.15) is 0 Å². The first-order valence-electron chi connectivity index (χ1n) is 7.92. The predicted molar refractivity (Wildman–Crippen MR) is 94.0 cm³/mol. The fourth-order valence-electron chi connectivity index (χ4n) is 2.50. The standard InChI is InChI=1S/C18H16N4OS/c23-16(14-5-3-13(4-6-14)11-12-1-2-12)20-18-22-21-17(24-18)15-7-9-19-10-8-15/h3-10,12H,1-2,11H2,(H,20,22,23). The Labute approximate surface area is 143 Å².